The lowest BCUT2D eigenvalue weighted by Crippen LogP contribution is -2.45. The first kappa shape index (κ1) is 36.2. The Kier molecular flexibility index (Phi) is 12.8. The summed E-state index contributed by atoms with van der Waals surface area (Å²) in [5.74, 6) is 0.112. The van der Waals surface area contributed by atoms with E-state index in [0.717, 1.165) is 5.56 Å². The summed E-state index contributed by atoms with van der Waals surface area (Å²) in [5, 5.41) is 10.5. The molecule has 1 heterocycles. The van der Waals surface area contributed by atoms with Crippen LogP contribution in [0.1, 0.15) is 43.5 Å². The molecule has 12 nitrogen and oxygen atoms in total. The lowest BCUT2D eigenvalue weighted by molar-refractivity contribution is -0.139. The first-order valence-corrected chi connectivity index (χ1v) is 15.8. The number of ether oxygens (including phenoxy) is 5. The van der Waals surface area contributed by atoms with Crippen molar-refractivity contribution in [2.45, 2.75) is 33.4 Å². The van der Waals surface area contributed by atoms with Gasteiger partial charge in [0.05, 0.1) is 43.2 Å². The molecule has 1 aliphatic rings. The van der Waals surface area contributed by atoms with Crippen molar-refractivity contribution in [2.75, 3.05) is 26.9 Å². The third kappa shape index (κ3) is 9.24. The first-order chi connectivity index (χ1) is 23.0. The standard InChI is InChI=1S/C33H33Cl3N4O8/c1-5-45-27-12-19(11-24(36)31(27)48-16-21-7-9-22(34)14-23(21)35)15-37-40-28(41)17-47-25-10-8-20(13-26(25)44-4)30-29(32(42)46-6-2)18(3)38-33(43)39-30/h7-15,30H,5-6,16-17H2,1-4H3,(H,40,41)(H2,38,39,43)/b37-15-/t30-/m1/s1. The number of methoxy groups -OCH3 is 1. The van der Waals surface area contributed by atoms with Crippen molar-refractivity contribution in [3.8, 4) is 23.0 Å². The number of rotatable bonds is 14. The highest BCUT2D eigenvalue weighted by Gasteiger charge is 2.32. The summed E-state index contributed by atoms with van der Waals surface area (Å²) in [6.45, 7) is 5.39. The predicted molar refractivity (Wildman–Crippen MR) is 181 cm³/mol. The van der Waals surface area contributed by atoms with Crippen LogP contribution >= 0.6 is 34.8 Å². The van der Waals surface area contributed by atoms with Gasteiger partial charge in [-0.1, -0.05) is 46.9 Å². The molecule has 15 heteroatoms. The summed E-state index contributed by atoms with van der Waals surface area (Å²) in [4.78, 5) is 37.4. The van der Waals surface area contributed by atoms with E-state index in [1.807, 2.05) is 6.92 Å². The van der Waals surface area contributed by atoms with Crippen LogP contribution in [0.3, 0.4) is 0 Å². The van der Waals surface area contributed by atoms with Crippen molar-refractivity contribution < 1.29 is 38.1 Å². The fourth-order valence-corrected chi connectivity index (χ4v) is 5.35. The minimum Gasteiger partial charge on any atom is -0.493 e. The largest absolute Gasteiger partial charge is 0.493 e. The number of benzene rings is 3. The number of nitrogens with zero attached hydrogens (tertiary/aromatic N) is 1. The summed E-state index contributed by atoms with van der Waals surface area (Å²) < 4.78 is 28.0. The van der Waals surface area contributed by atoms with Gasteiger partial charge in [-0.15, -0.1) is 0 Å². The number of amides is 3. The summed E-state index contributed by atoms with van der Waals surface area (Å²) in [7, 11) is 1.43. The van der Waals surface area contributed by atoms with Crippen molar-refractivity contribution in [2.24, 2.45) is 5.10 Å². The van der Waals surface area contributed by atoms with Crippen LogP contribution in [0.15, 0.2) is 64.9 Å². The zero-order chi connectivity index (χ0) is 34.8. The third-order valence-electron chi connectivity index (χ3n) is 6.77. The molecular formula is C33H33Cl3N4O8. The molecule has 1 aliphatic heterocycles. The van der Waals surface area contributed by atoms with Gasteiger partial charge in [0.25, 0.3) is 5.91 Å². The minimum absolute atomic E-state index is 0.132. The van der Waals surface area contributed by atoms with Crippen LogP contribution in [0.4, 0.5) is 4.79 Å². The number of hydrogen-bond acceptors (Lipinski definition) is 9. The minimum atomic E-state index is -0.794. The molecule has 4 rings (SSSR count). The number of urea groups is 1. The van der Waals surface area contributed by atoms with Gasteiger partial charge in [0.2, 0.25) is 0 Å². The van der Waals surface area contributed by atoms with Crippen LogP contribution in [0.2, 0.25) is 15.1 Å². The zero-order valence-electron chi connectivity index (χ0n) is 26.4. The lowest BCUT2D eigenvalue weighted by atomic mass is 9.95. The maximum absolute atomic E-state index is 12.6. The van der Waals surface area contributed by atoms with E-state index in [1.165, 1.54) is 13.3 Å². The average molecular weight is 720 g/mol. The molecule has 0 fully saturated rings. The average Bonchev–Trinajstić information content (AvgIpc) is 3.04. The van der Waals surface area contributed by atoms with E-state index in [4.69, 9.17) is 58.5 Å². The second-order valence-corrected chi connectivity index (χ2v) is 11.3. The summed E-state index contributed by atoms with van der Waals surface area (Å²) in [6.07, 6.45) is 1.39. The monoisotopic (exact) mass is 718 g/mol. The Balaban J connectivity index is 1.39. The molecule has 1 atom stereocenters. The lowest BCUT2D eigenvalue weighted by Gasteiger charge is -2.28. The molecule has 3 amide bonds. The van der Waals surface area contributed by atoms with E-state index in [0.29, 0.717) is 45.0 Å². The third-order valence-corrected chi connectivity index (χ3v) is 7.63. The molecular weight excluding hydrogens is 687 g/mol. The van der Waals surface area contributed by atoms with Gasteiger partial charge in [0, 0.05) is 21.3 Å². The Morgan fingerprint density at radius 2 is 1.73 bits per heavy atom. The summed E-state index contributed by atoms with van der Waals surface area (Å²) >= 11 is 18.7. The number of carbonyl (C=O) groups is 3. The van der Waals surface area contributed by atoms with Crippen molar-refractivity contribution in [3.05, 3.63) is 91.6 Å². The van der Waals surface area contributed by atoms with Gasteiger partial charge < -0.3 is 34.3 Å². The molecule has 254 valence electrons. The highest BCUT2D eigenvalue weighted by atomic mass is 35.5. The molecule has 0 radical (unpaired) electrons. The van der Waals surface area contributed by atoms with E-state index in [1.54, 1.807) is 62.4 Å². The van der Waals surface area contributed by atoms with Gasteiger partial charge in [-0.3, -0.25) is 4.79 Å². The molecule has 0 spiro atoms. The normalized spacial score (nSPS) is 14.2. The van der Waals surface area contributed by atoms with Crippen LogP contribution in [0, 0.1) is 0 Å². The van der Waals surface area contributed by atoms with E-state index < -0.39 is 30.6 Å². The smallest absolute Gasteiger partial charge is 0.338 e. The number of allylic oxidation sites excluding steroid dienone is 1. The molecule has 48 heavy (non-hydrogen) atoms. The molecule has 0 unspecified atom stereocenters. The van der Waals surface area contributed by atoms with Gasteiger partial charge in [-0.2, -0.15) is 5.10 Å². The summed E-state index contributed by atoms with van der Waals surface area (Å²) in [6, 6.07) is 11.9. The Bertz CT molecular complexity index is 1750. The zero-order valence-corrected chi connectivity index (χ0v) is 28.7. The number of nitrogens with one attached hydrogen (secondary N) is 3. The predicted octanol–water partition coefficient (Wildman–Crippen LogP) is 6.35. The van der Waals surface area contributed by atoms with Crippen LogP contribution < -0.4 is 35.0 Å². The second-order valence-electron chi connectivity index (χ2n) is 10.1. The number of hydrogen-bond donors (Lipinski definition) is 3. The first-order valence-electron chi connectivity index (χ1n) is 14.7. The van der Waals surface area contributed by atoms with Gasteiger partial charge in [0.1, 0.15) is 6.61 Å². The quantitative estimate of drug-likeness (QED) is 0.0993. The van der Waals surface area contributed by atoms with E-state index in [2.05, 4.69) is 21.2 Å². The number of halogens is 3. The van der Waals surface area contributed by atoms with Crippen LogP contribution in [-0.2, 0) is 20.9 Å². The van der Waals surface area contributed by atoms with Gasteiger partial charge in [-0.05, 0) is 68.3 Å². The van der Waals surface area contributed by atoms with Gasteiger partial charge >= 0.3 is 12.0 Å². The van der Waals surface area contributed by atoms with Crippen LogP contribution in [0.5, 0.6) is 23.0 Å². The topological polar surface area (TPSA) is 146 Å². The number of carbonyl (C=O) groups excluding carboxylic acids is 3. The van der Waals surface area contributed by atoms with Crippen molar-refractivity contribution >= 4 is 58.9 Å². The molecule has 3 N–H and O–H groups in total. The fraction of sp³-hybridized carbons (Fsp3) is 0.273. The van der Waals surface area contributed by atoms with Gasteiger partial charge in [0.15, 0.2) is 29.6 Å². The van der Waals surface area contributed by atoms with E-state index in [-0.39, 0.29) is 35.3 Å². The van der Waals surface area contributed by atoms with E-state index >= 15 is 0 Å². The van der Waals surface area contributed by atoms with Crippen molar-refractivity contribution in [3.63, 3.8) is 0 Å². The highest BCUT2D eigenvalue weighted by Crippen LogP contribution is 2.38. The highest BCUT2D eigenvalue weighted by molar-refractivity contribution is 6.35. The van der Waals surface area contributed by atoms with Crippen LogP contribution in [-0.4, -0.2) is 51.1 Å². The van der Waals surface area contributed by atoms with Crippen molar-refractivity contribution in [1.82, 2.24) is 16.1 Å². The van der Waals surface area contributed by atoms with Crippen molar-refractivity contribution in [1.29, 1.82) is 0 Å². The molecule has 3 aromatic carbocycles. The molecule has 3 aromatic rings. The number of esters is 1. The maximum atomic E-state index is 12.6. The number of hydrazone groups is 1. The molecule has 0 bridgehead atoms. The van der Waals surface area contributed by atoms with Gasteiger partial charge in [-0.25, -0.2) is 15.0 Å². The second kappa shape index (κ2) is 17.0. The fourth-order valence-electron chi connectivity index (χ4n) is 4.61. The Labute approximate surface area is 292 Å². The van der Waals surface area contributed by atoms with E-state index in [9.17, 15) is 14.4 Å². The maximum Gasteiger partial charge on any atom is 0.338 e. The Morgan fingerprint density at radius 1 is 0.938 bits per heavy atom. The summed E-state index contributed by atoms with van der Waals surface area (Å²) in [5.41, 5.74) is 4.82. The Morgan fingerprint density at radius 3 is 2.44 bits per heavy atom. The SMILES string of the molecule is CCOC(=O)C1=C(C)NC(=O)N[C@@H]1c1ccc(OCC(=O)N/N=C\c2cc(Cl)c(OCc3ccc(Cl)cc3Cl)c(OCC)c2)c(OC)c1. The molecule has 0 aromatic heterocycles. The van der Waals surface area contributed by atoms with Crippen LogP contribution in [0.25, 0.3) is 0 Å². The molecule has 0 saturated carbocycles. The molecule has 0 saturated heterocycles. The Hall–Kier alpha value is -4.65. The molecule has 0 aliphatic carbocycles.